The molecule has 0 radical (unpaired) electrons. The molecule has 1 heterocycles. The SMILES string of the molecule is O=C(CCc1nc2ccccc2n1-c1ccccc1)N[C@@H](CO)C(=O)O. The molecule has 3 N–H and O–H groups in total. The van der Waals surface area contributed by atoms with Gasteiger partial charge in [0.2, 0.25) is 5.91 Å². The number of benzene rings is 2. The fourth-order valence-corrected chi connectivity index (χ4v) is 2.79. The number of imidazole rings is 1. The number of rotatable bonds is 7. The third kappa shape index (κ3) is 3.73. The maximum atomic E-state index is 12.0. The molecule has 1 amide bonds. The number of para-hydroxylation sites is 3. The molecule has 0 spiro atoms. The number of carbonyl (C=O) groups excluding carboxylic acids is 1. The number of aliphatic hydroxyl groups excluding tert-OH is 1. The summed E-state index contributed by atoms with van der Waals surface area (Å²) in [6.45, 7) is -0.649. The van der Waals surface area contributed by atoms with Crippen LogP contribution in [-0.2, 0) is 16.0 Å². The Labute approximate surface area is 149 Å². The number of carboxylic acid groups (broad SMARTS) is 1. The van der Waals surface area contributed by atoms with Crippen molar-refractivity contribution in [1.29, 1.82) is 0 Å². The largest absolute Gasteiger partial charge is 0.480 e. The average molecular weight is 353 g/mol. The minimum atomic E-state index is -1.30. The number of nitrogens with one attached hydrogen (secondary N) is 1. The second-order valence-corrected chi connectivity index (χ2v) is 5.83. The lowest BCUT2D eigenvalue weighted by Gasteiger charge is -2.12. The van der Waals surface area contributed by atoms with Crippen molar-refractivity contribution < 1.29 is 19.8 Å². The standard InChI is InChI=1S/C19H19N3O4/c23-12-15(19(25)26)21-18(24)11-10-17-20-14-8-4-5-9-16(14)22(17)13-6-2-1-3-7-13/h1-9,15,23H,10-12H2,(H,21,24)(H,25,26)/t15-/m0/s1. The molecule has 0 aliphatic carbocycles. The lowest BCUT2D eigenvalue weighted by atomic mass is 10.2. The molecule has 0 fully saturated rings. The highest BCUT2D eigenvalue weighted by atomic mass is 16.4. The molecule has 0 saturated heterocycles. The van der Waals surface area contributed by atoms with E-state index in [-0.39, 0.29) is 6.42 Å². The van der Waals surface area contributed by atoms with Gasteiger partial charge in [0.1, 0.15) is 11.9 Å². The van der Waals surface area contributed by atoms with Gasteiger partial charge in [-0.3, -0.25) is 9.36 Å². The van der Waals surface area contributed by atoms with Gasteiger partial charge in [-0.25, -0.2) is 9.78 Å². The summed E-state index contributed by atoms with van der Waals surface area (Å²) in [5, 5.41) is 20.2. The van der Waals surface area contributed by atoms with Crippen LogP contribution in [0.15, 0.2) is 54.6 Å². The Morgan fingerprint density at radius 1 is 1.08 bits per heavy atom. The molecule has 2 aromatic carbocycles. The van der Waals surface area contributed by atoms with E-state index in [1.54, 1.807) is 0 Å². The zero-order chi connectivity index (χ0) is 18.5. The third-order valence-electron chi connectivity index (χ3n) is 4.04. The molecule has 7 heteroatoms. The van der Waals surface area contributed by atoms with E-state index in [9.17, 15) is 9.59 Å². The molecule has 1 atom stereocenters. The smallest absolute Gasteiger partial charge is 0.328 e. The number of nitrogens with zero attached hydrogens (tertiary/aromatic N) is 2. The van der Waals surface area contributed by atoms with Crippen molar-refractivity contribution in [3.63, 3.8) is 0 Å². The maximum Gasteiger partial charge on any atom is 0.328 e. The van der Waals surface area contributed by atoms with Crippen molar-refractivity contribution in [2.45, 2.75) is 18.9 Å². The number of aryl methyl sites for hydroxylation is 1. The summed E-state index contributed by atoms with van der Waals surface area (Å²) < 4.78 is 1.99. The number of carbonyl (C=O) groups is 2. The molecule has 3 aromatic rings. The Morgan fingerprint density at radius 3 is 2.46 bits per heavy atom. The molecular weight excluding hydrogens is 334 g/mol. The summed E-state index contributed by atoms with van der Waals surface area (Å²) in [6, 6.07) is 16.1. The average Bonchev–Trinajstić information content (AvgIpc) is 3.03. The van der Waals surface area contributed by atoms with Crippen molar-refractivity contribution in [3.8, 4) is 5.69 Å². The number of aliphatic carboxylic acids is 1. The van der Waals surface area contributed by atoms with E-state index < -0.39 is 24.5 Å². The van der Waals surface area contributed by atoms with E-state index in [0.717, 1.165) is 16.7 Å². The Morgan fingerprint density at radius 2 is 1.77 bits per heavy atom. The Balaban J connectivity index is 1.84. The zero-order valence-electron chi connectivity index (χ0n) is 14.0. The van der Waals surface area contributed by atoms with Crippen LogP contribution < -0.4 is 5.32 Å². The van der Waals surface area contributed by atoms with Gasteiger partial charge < -0.3 is 15.5 Å². The van der Waals surface area contributed by atoms with E-state index in [1.807, 2.05) is 59.2 Å². The molecule has 26 heavy (non-hydrogen) atoms. The summed E-state index contributed by atoms with van der Waals surface area (Å²) in [6.07, 6.45) is 0.410. The first kappa shape index (κ1) is 17.6. The summed E-state index contributed by atoms with van der Waals surface area (Å²) in [5.41, 5.74) is 2.70. The Bertz CT molecular complexity index is 921. The molecule has 134 valence electrons. The molecule has 0 unspecified atom stereocenters. The second-order valence-electron chi connectivity index (χ2n) is 5.83. The molecule has 0 saturated carbocycles. The monoisotopic (exact) mass is 353 g/mol. The summed E-state index contributed by atoms with van der Waals surface area (Å²) in [5.74, 6) is -1.00. The van der Waals surface area contributed by atoms with Gasteiger partial charge in [0, 0.05) is 18.5 Å². The topological polar surface area (TPSA) is 104 Å². The van der Waals surface area contributed by atoms with E-state index >= 15 is 0 Å². The van der Waals surface area contributed by atoms with Gasteiger partial charge in [0.05, 0.1) is 17.6 Å². The van der Waals surface area contributed by atoms with E-state index in [1.165, 1.54) is 0 Å². The fourth-order valence-electron chi connectivity index (χ4n) is 2.79. The number of hydrogen-bond donors (Lipinski definition) is 3. The van der Waals surface area contributed by atoms with Crippen LogP contribution in [-0.4, -0.2) is 44.3 Å². The minimum Gasteiger partial charge on any atom is -0.480 e. The maximum absolute atomic E-state index is 12.0. The van der Waals surface area contributed by atoms with Crippen LogP contribution in [0.2, 0.25) is 0 Å². The first-order chi connectivity index (χ1) is 12.6. The first-order valence-electron chi connectivity index (χ1n) is 8.25. The van der Waals surface area contributed by atoms with Crippen LogP contribution in [0.5, 0.6) is 0 Å². The van der Waals surface area contributed by atoms with Crippen molar-refractivity contribution in [1.82, 2.24) is 14.9 Å². The lowest BCUT2D eigenvalue weighted by Crippen LogP contribution is -2.43. The number of amides is 1. The van der Waals surface area contributed by atoms with Crippen LogP contribution in [0.4, 0.5) is 0 Å². The minimum absolute atomic E-state index is 0.0694. The van der Waals surface area contributed by atoms with Crippen LogP contribution in [0, 0.1) is 0 Å². The van der Waals surface area contributed by atoms with Gasteiger partial charge in [-0.05, 0) is 24.3 Å². The van der Waals surface area contributed by atoms with Crippen molar-refractivity contribution in [2.24, 2.45) is 0 Å². The number of aliphatic hydroxyl groups is 1. The highest BCUT2D eigenvalue weighted by Crippen LogP contribution is 2.22. The number of hydrogen-bond acceptors (Lipinski definition) is 4. The van der Waals surface area contributed by atoms with Crippen LogP contribution in [0.1, 0.15) is 12.2 Å². The molecule has 7 nitrogen and oxygen atoms in total. The molecular formula is C19H19N3O4. The quantitative estimate of drug-likeness (QED) is 0.597. The van der Waals surface area contributed by atoms with Crippen molar-refractivity contribution >= 4 is 22.9 Å². The van der Waals surface area contributed by atoms with Crippen LogP contribution in [0.3, 0.4) is 0 Å². The Hall–Kier alpha value is -3.19. The van der Waals surface area contributed by atoms with Crippen molar-refractivity contribution in [3.05, 3.63) is 60.4 Å². The predicted octanol–water partition coefficient (Wildman–Crippen LogP) is 1.52. The normalized spacial score (nSPS) is 12.0. The molecule has 0 aliphatic rings. The third-order valence-corrected chi connectivity index (χ3v) is 4.04. The van der Waals surface area contributed by atoms with Crippen LogP contribution in [0.25, 0.3) is 16.7 Å². The van der Waals surface area contributed by atoms with Gasteiger partial charge in [0.25, 0.3) is 0 Å². The van der Waals surface area contributed by atoms with Gasteiger partial charge in [-0.1, -0.05) is 30.3 Å². The molecule has 3 rings (SSSR count). The second kappa shape index (κ2) is 7.79. The zero-order valence-corrected chi connectivity index (χ0v) is 14.0. The summed E-state index contributed by atoms with van der Waals surface area (Å²) in [7, 11) is 0. The van der Waals surface area contributed by atoms with E-state index in [0.29, 0.717) is 12.2 Å². The van der Waals surface area contributed by atoms with E-state index in [2.05, 4.69) is 10.3 Å². The summed E-state index contributed by atoms with van der Waals surface area (Å²) in [4.78, 5) is 27.5. The highest BCUT2D eigenvalue weighted by molar-refractivity contribution is 5.84. The van der Waals surface area contributed by atoms with Crippen molar-refractivity contribution in [2.75, 3.05) is 6.61 Å². The lowest BCUT2D eigenvalue weighted by molar-refractivity contribution is -0.142. The molecule has 1 aromatic heterocycles. The van der Waals surface area contributed by atoms with Gasteiger partial charge in [-0.2, -0.15) is 0 Å². The summed E-state index contributed by atoms with van der Waals surface area (Å²) >= 11 is 0. The van der Waals surface area contributed by atoms with Gasteiger partial charge >= 0.3 is 5.97 Å². The fraction of sp³-hybridized carbons (Fsp3) is 0.211. The van der Waals surface area contributed by atoms with E-state index in [4.69, 9.17) is 10.2 Å². The molecule has 0 bridgehead atoms. The van der Waals surface area contributed by atoms with Crippen LogP contribution >= 0.6 is 0 Å². The molecule has 0 aliphatic heterocycles. The first-order valence-corrected chi connectivity index (χ1v) is 8.25. The number of fused-ring (bicyclic) bond motifs is 1. The highest BCUT2D eigenvalue weighted by Gasteiger charge is 2.19. The number of aromatic nitrogens is 2. The van der Waals surface area contributed by atoms with Gasteiger partial charge in [-0.15, -0.1) is 0 Å². The van der Waals surface area contributed by atoms with Gasteiger partial charge in [0.15, 0.2) is 0 Å². The number of carboxylic acids is 1. The predicted molar refractivity (Wildman–Crippen MR) is 96.0 cm³/mol. The Kier molecular flexibility index (Phi) is 5.28.